The van der Waals surface area contributed by atoms with Crippen LogP contribution in [0.15, 0.2) is 30.3 Å². The highest BCUT2D eigenvalue weighted by molar-refractivity contribution is 5.86. The lowest BCUT2D eigenvalue weighted by molar-refractivity contribution is -0.137. The first-order valence-electron chi connectivity index (χ1n) is 6.41. The molecule has 3 nitrogen and oxygen atoms in total. The molecule has 4 heteroatoms. The summed E-state index contributed by atoms with van der Waals surface area (Å²) < 4.78 is 17.7. The van der Waals surface area contributed by atoms with Gasteiger partial charge in [0.2, 0.25) is 0 Å². The molecule has 0 radical (unpaired) electrons. The zero-order valence-corrected chi connectivity index (χ0v) is 11.4. The molecule has 0 aromatic heterocycles. The lowest BCUT2D eigenvalue weighted by atomic mass is 10.2. The van der Waals surface area contributed by atoms with Gasteiger partial charge in [0.1, 0.15) is 5.82 Å². The quantitative estimate of drug-likeness (QED) is 0.468. The molecule has 0 unspecified atom stereocenters. The second-order valence-electron chi connectivity index (χ2n) is 4.51. The van der Waals surface area contributed by atoms with Crippen LogP contribution in [0.2, 0.25) is 0 Å². The molecule has 0 heterocycles. The van der Waals surface area contributed by atoms with Gasteiger partial charge in [-0.1, -0.05) is 26.0 Å². The average Bonchev–Trinajstić information content (AvgIpc) is 2.37. The van der Waals surface area contributed by atoms with Gasteiger partial charge in [0.15, 0.2) is 0 Å². The smallest absolute Gasteiger partial charge is 0.330 e. The number of esters is 1. The van der Waals surface area contributed by atoms with E-state index in [1.165, 1.54) is 18.2 Å². The number of nitrogens with one attached hydrogen (secondary N) is 1. The first-order chi connectivity index (χ1) is 9.08. The van der Waals surface area contributed by atoms with Gasteiger partial charge in [-0.15, -0.1) is 0 Å². The minimum Gasteiger partial charge on any atom is -0.462 e. The molecule has 104 valence electrons. The summed E-state index contributed by atoms with van der Waals surface area (Å²) in [4.78, 5) is 11.4. The first-order valence-corrected chi connectivity index (χ1v) is 6.41. The molecule has 0 saturated heterocycles. The van der Waals surface area contributed by atoms with Crippen molar-refractivity contribution in [2.75, 3.05) is 13.2 Å². The van der Waals surface area contributed by atoms with E-state index in [2.05, 4.69) is 19.2 Å². The van der Waals surface area contributed by atoms with Crippen molar-refractivity contribution >= 4 is 12.0 Å². The van der Waals surface area contributed by atoms with Crippen LogP contribution >= 0.6 is 0 Å². The first kappa shape index (κ1) is 15.4. The molecule has 0 bridgehead atoms. The van der Waals surface area contributed by atoms with E-state index in [1.807, 2.05) is 0 Å². The standard InChI is InChI=1S/C15H20FNO2/c1-12(2)17-10-3-11-19-15(18)9-6-13-4-7-14(16)8-5-13/h4-9,12,17H,3,10-11H2,1-2H3/b9-6+. The Morgan fingerprint density at radius 2 is 2.05 bits per heavy atom. The Kier molecular flexibility index (Phi) is 6.82. The molecular formula is C15H20FNO2. The molecule has 0 saturated carbocycles. The van der Waals surface area contributed by atoms with Gasteiger partial charge in [0.25, 0.3) is 0 Å². The summed E-state index contributed by atoms with van der Waals surface area (Å²) in [5, 5.41) is 3.24. The van der Waals surface area contributed by atoms with Gasteiger partial charge < -0.3 is 10.1 Å². The maximum absolute atomic E-state index is 12.7. The van der Waals surface area contributed by atoms with Crippen LogP contribution in [0.4, 0.5) is 4.39 Å². The van der Waals surface area contributed by atoms with Gasteiger partial charge in [-0.25, -0.2) is 9.18 Å². The van der Waals surface area contributed by atoms with Crippen LogP contribution in [0, 0.1) is 5.82 Å². The van der Waals surface area contributed by atoms with Crippen molar-refractivity contribution in [2.45, 2.75) is 26.3 Å². The van der Waals surface area contributed by atoms with Gasteiger partial charge in [0, 0.05) is 12.1 Å². The molecular weight excluding hydrogens is 245 g/mol. The number of hydrogen-bond acceptors (Lipinski definition) is 3. The number of benzene rings is 1. The van der Waals surface area contributed by atoms with Crippen molar-refractivity contribution in [1.82, 2.24) is 5.32 Å². The van der Waals surface area contributed by atoms with Crippen molar-refractivity contribution in [3.63, 3.8) is 0 Å². The minimum absolute atomic E-state index is 0.294. The maximum atomic E-state index is 12.7. The molecule has 1 N–H and O–H groups in total. The summed E-state index contributed by atoms with van der Waals surface area (Å²) in [7, 11) is 0. The van der Waals surface area contributed by atoms with Crippen molar-refractivity contribution in [2.24, 2.45) is 0 Å². The summed E-state index contributed by atoms with van der Waals surface area (Å²) in [6.45, 7) is 5.35. The van der Waals surface area contributed by atoms with E-state index in [4.69, 9.17) is 4.74 Å². The average molecular weight is 265 g/mol. The highest BCUT2D eigenvalue weighted by atomic mass is 19.1. The number of ether oxygens (including phenoxy) is 1. The second kappa shape index (κ2) is 8.43. The van der Waals surface area contributed by atoms with Gasteiger partial charge >= 0.3 is 5.97 Å². The van der Waals surface area contributed by atoms with Gasteiger partial charge in [0.05, 0.1) is 6.61 Å². The third-order valence-corrected chi connectivity index (χ3v) is 2.40. The molecule has 0 fully saturated rings. The fourth-order valence-corrected chi connectivity index (χ4v) is 1.42. The van der Waals surface area contributed by atoms with Crippen molar-refractivity contribution in [3.05, 3.63) is 41.7 Å². The van der Waals surface area contributed by atoms with E-state index in [1.54, 1.807) is 18.2 Å². The van der Waals surface area contributed by atoms with Crippen molar-refractivity contribution in [3.8, 4) is 0 Å². The Bertz CT molecular complexity index is 413. The third-order valence-electron chi connectivity index (χ3n) is 2.40. The highest BCUT2D eigenvalue weighted by Crippen LogP contribution is 2.04. The lowest BCUT2D eigenvalue weighted by Gasteiger charge is -2.07. The van der Waals surface area contributed by atoms with E-state index in [-0.39, 0.29) is 11.8 Å². The van der Waals surface area contributed by atoms with Gasteiger partial charge in [-0.05, 0) is 36.7 Å². The van der Waals surface area contributed by atoms with E-state index in [0.717, 1.165) is 18.5 Å². The summed E-state index contributed by atoms with van der Waals surface area (Å²) in [5.74, 6) is -0.675. The predicted octanol–water partition coefficient (Wildman–Crippen LogP) is 2.77. The maximum Gasteiger partial charge on any atom is 0.330 e. The zero-order valence-electron chi connectivity index (χ0n) is 11.4. The Labute approximate surface area is 113 Å². The molecule has 0 atom stereocenters. The summed E-state index contributed by atoms with van der Waals surface area (Å²) in [6.07, 6.45) is 3.74. The van der Waals surface area contributed by atoms with Gasteiger partial charge in [-0.3, -0.25) is 0 Å². The van der Waals surface area contributed by atoms with E-state index in [0.29, 0.717) is 12.6 Å². The molecule has 0 amide bonds. The third kappa shape index (κ3) is 7.36. The van der Waals surface area contributed by atoms with Crippen LogP contribution in [0.5, 0.6) is 0 Å². The Morgan fingerprint density at radius 3 is 2.68 bits per heavy atom. The molecule has 1 rings (SSSR count). The van der Waals surface area contributed by atoms with Crippen molar-refractivity contribution < 1.29 is 13.9 Å². The SMILES string of the molecule is CC(C)NCCCOC(=O)/C=C/c1ccc(F)cc1. The van der Waals surface area contributed by atoms with Crippen LogP contribution in [-0.2, 0) is 9.53 Å². The molecule has 0 aliphatic carbocycles. The second-order valence-corrected chi connectivity index (χ2v) is 4.51. The molecule has 0 aliphatic rings. The van der Waals surface area contributed by atoms with E-state index < -0.39 is 0 Å². The predicted molar refractivity (Wildman–Crippen MR) is 74.1 cm³/mol. The minimum atomic E-state index is -0.381. The normalized spacial score (nSPS) is 11.2. The largest absolute Gasteiger partial charge is 0.462 e. The van der Waals surface area contributed by atoms with Gasteiger partial charge in [-0.2, -0.15) is 0 Å². The Morgan fingerprint density at radius 1 is 1.37 bits per heavy atom. The fraction of sp³-hybridized carbons (Fsp3) is 0.400. The van der Waals surface area contributed by atoms with E-state index >= 15 is 0 Å². The lowest BCUT2D eigenvalue weighted by Crippen LogP contribution is -2.24. The van der Waals surface area contributed by atoms with Crippen LogP contribution in [0.25, 0.3) is 6.08 Å². The van der Waals surface area contributed by atoms with Crippen LogP contribution in [0.3, 0.4) is 0 Å². The molecule has 1 aromatic carbocycles. The highest BCUT2D eigenvalue weighted by Gasteiger charge is 1.98. The number of hydrogen-bond donors (Lipinski definition) is 1. The summed E-state index contributed by atoms with van der Waals surface area (Å²) >= 11 is 0. The van der Waals surface area contributed by atoms with Crippen LogP contribution in [0.1, 0.15) is 25.8 Å². The Balaban J connectivity index is 2.22. The molecule has 19 heavy (non-hydrogen) atoms. The van der Waals surface area contributed by atoms with E-state index in [9.17, 15) is 9.18 Å². The van der Waals surface area contributed by atoms with Crippen molar-refractivity contribution in [1.29, 1.82) is 0 Å². The summed E-state index contributed by atoms with van der Waals surface area (Å²) in [6, 6.07) is 6.34. The molecule has 1 aromatic rings. The Hall–Kier alpha value is -1.68. The fourth-order valence-electron chi connectivity index (χ4n) is 1.42. The number of halogens is 1. The number of carbonyl (C=O) groups is 1. The number of rotatable bonds is 7. The van der Waals surface area contributed by atoms with Crippen LogP contribution < -0.4 is 5.32 Å². The zero-order chi connectivity index (χ0) is 14.1. The monoisotopic (exact) mass is 265 g/mol. The number of carbonyl (C=O) groups excluding carboxylic acids is 1. The molecule has 0 aliphatic heterocycles. The summed E-state index contributed by atoms with van der Waals surface area (Å²) in [5.41, 5.74) is 0.764. The van der Waals surface area contributed by atoms with Crippen LogP contribution in [-0.4, -0.2) is 25.2 Å². The molecule has 0 spiro atoms. The topological polar surface area (TPSA) is 38.3 Å².